The number of benzene rings is 2. The predicted octanol–water partition coefficient (Wildman–Crippen LogP) is 3.54. The molecule has 0 radical (unpaired) electrons. The summed E-state index contributed by atoms with van der Waals surface area (Å²) >= 11 is 1.41. The Morgan fingerprint density at radius 2 is 1.79 bits per heavy atom. The lowest BCUT2D eigenvalue weighted by Gasteiger charge is -2.27. The average Bonchev–Trinajstić information content (AvgIpc) is 2.81. The minimum Gasteiger partial charge on any atom is -0.492 e. The van der Waals surface area contributed by atoms with Crippen molar-refractivity contribution in [3.8, 4) is 5.75 Å². The first-order chi connectivity index (χ1) is 15.6. The number of rotatable bonds is 8. The number of carbonyl (C=O) groups excluding carboxylic acids is 1. The number of morpholine rings is 1. The van der Waals surface area contributed by atoms with Gasteiger partial charge in [-0.05, 0) is 47.6 Å². The molecule has 0 saturated carbocycles. The molecule has 1 N–H and O–H groups in total. The summed E-state index contributed by atoms with van der Waals surface area (Å²) in [6.45, 7) is 8.69. The molecule has 1 heterocycles. The highest BCUT2D eigenvalue weighted by atomic mass is 32.2. The van der Waals surface area contributed by atoms with E-state index in [-0.39, 0.29) is 29.4 Å². The van der Waals surface area contributed by atoms with Crippen LogP contribution in [0.5, 0.6) is 5.75 Å². The van der Waals surface area contributed by atoms with E-state index in [2.05, 4.69) is 25.5 Å². The maximum atomic E-state index is 13.0. The second kappa shape index (κ2) is 10.9. The van der Waals surface area contributed by atoms with Crippen molar-refractivity contribution in [1.29, 1.82) is 0 Å². The van der Waals surface area contributed by atoms with Gasteiger partial charge in [-0.3, -0.25) is 4.79 Å². The second-order valence-electron chi connectivity index (χ2n) is 8.79. The molecular weight excluding hydrogens is 460 g/mol. The fourth-order valence-electron chi connectivity index (χ4n) is 3.44. The zero-order valence-corrected chi connectivity index (χ0v) is 21.2. The summed E-state index contributed by atoms with van der Waals surface area (Å²) in [4.78, 5) is 15.5. The van der Waals surface area contributed by atoms with Gasteiger partial charge in [0.2, 0.25) is 10.0 Å². The molecule has 1 fully saturated rings. The average molecular weight is 493 g/mol. The van der Waals surface area contributed by atoms with Crippen LogP contribution in [0.1, 0.15) is 36.7 Å². The quantitative estimate of drug-likeness (QED) is 0.448. The second-order valence-corrected chi connectivity index (χ2v) is 11.4. The van der Waals surface area contributed by atoms with Gasteiger partial charge in [0, 0.05) is 24.5 Å². The molecular formula is C24H32N2O5S2. The summed E-state index contributed by atoms with van der Waals surface area (Å²) in [5.74, 6) is 0.506. The van der Waals surface area contributed by atoms with Gasteiger partial charge >= 0.3 is 0 Å². The number of hydrogen-bond donors (Lipinski definition) is 1. The third kappa shape index (κ3) is 6.72. The van der Waals surface area contributed by atoms with Gasteiger partial charge < -0.3 is 14.4 Å². The van der Waals surface area contributed by atoms with Gasteiger partial charge in [0.05, 0.1) is 23.7 Å². The molecule has 0 spiro atoms. The van der Waals surface area contributed by atoms with Crippen LogP contribution in [-0.2, 0) is 20.2 Å². The standard InChI is InChI=1S/C24H32N2O5S2/c1-24(2,3)18-5-7-19(8-6-18)31-14-11-25-33(28,29)20-9-10-22(32-4)21(17-20)23(27)26-12-15-30-16-13-26/h5-10,17,25H,11-16H2,1-4H3. The molecule has 0 atom stereocenters. The zero-order valence-electron chi connectivity index (χ0n) is 19.6. The summed E-state index contributed by atoms with van der Waals surface area (Å²) in [6.07, 6.45) is 1.86. The van der Waals surface area contributed by atoms with E-state index in [0.717, 1.165) is 4.90 Å². The summed E-state index contributed by atoms with van der Waals surface area (Å²) in [5, 5.41) is 0. The molecule has 0 bridgehead atoms. The van der Waals surface area contributed by atoms with Crippen LogP contribution < -0.4 is 9.46 Å². The topological polar surface area (TPSA) is 84.9 Å². The number of amides is 1. The van der Waals surface area contributed by atoms with Crippen LogP contribution in [0, 0.1) is 0 Å². The lowest BCUT2D eigenvalue weighted by atomic mass is 9.87. The third-order valence-electron chi connectivity index (χ3n) is 5.39. The fourth-order valence-corrected chi connectivity index (χ4v) is 5.05. The molecule has 33 heavy (non-hydrogen) atoms. The van der Waals surface area contributed by atoms with E-state index in [0.29, 0.717) is 37.6 Å². The van der Waals surface area contributed by atoms with Crippen LogP contribution in [0.25, 0.3) is 0 Å². The van der Waals surface area contributed by atoms with Gasteiger partial charge in [-0.25, -0.2) is 13.1 Å². The van der Waals surface area contributed by atoms with E-state index in [1.54, 1.807) is 11.0 Å². The lowest BCUT2D eigenvalue weighted by molar-refractivity contribution is 0.0300. The number of ether oxygens (including phenoxy) is 2. The maximum absolute atomic E-state index is 13.0. The van der Waals surface area contributed by atoms with Gasteiger partial charge in [0.1, 0.15) is 12.4 Å². The molecule has 1 aliphatic heterocycles. The molecule has 180 valence electrons. The normalized spacial score (nSPS) is 14.8. The fraction of sp³-hybridized carbons (Fsp3) is 0.458. The molecule has 3 rings (SSSR count). The van der Waals surface area contributed by atoms with Crippen molar-refractivity contribution in [3.63, 3.8) is 0 Å². The van der Waals surface area contributed by atoms with Crippen molar-refractivity contribution < 1.29 is 22.7 Å². The van der Waals surface area contributed by atoms with E-state index in [9.17, 15) is 13.2 Å². The lowest BCUT2D eigenvalue weighted by Crippen LogP contribution is -2.41. The molecule has 0 aliphatic carbocycles. The Hall–Kier alpha value is -2.07. The summed E-state index contributed by atoms with van der Waals surface area (Å²) < 4.78 is 39.2. The first-order valence-electron chi connectivity index (χ1n) is 10.9. The molecule has 2 aromatic rings. The zero-order chi connectivity index (χ0) is 24.1. The Morgan fingerprint density at radius 3 is 2.39 bits per heavy atom. The highest BCUT2D eigenvalue weighted by Crippen LogP contribution is 2.26. The molecule has 9 heteroatoms. The van der Waals surface area contributed by atoms with Gasteiger partial charge in [-0.2, -0.15) is 0 Å². The van der Waals surface area contributed by atoms with Crippen molar-refractivity contribution in [3.05, 3.63) is 53.6 Å². The molecule has 2 aromatic carbocycles. The van der Waals surface area contributed by atoms with Crippen LogP contribution in [0.3, 0.4) is 0 Å². The van der Waals surface area contributed by atoms with Gasteiger partial charge in [0.15, 0.2) is 0 Å². The largest absolute Gasteiger partial charge is 0.492 e. The van der Waals surface area contributed by atoms with Gasteiger partial charge in [-0.1, -0.05) is 32.9 Å². The maximum Gasteiger partial charge on any atom is 0.255 e. The number of nitrogens with one attached hydrogen (secondary N) is 1. The van der Waals surface area contributed by atoms with E-state index in [1.807, 2.05) is 30.5 Å². The van der Waals surface area contributed by atoms with Gasteiger partial charge in [-0.15, -0.1) is 11.8 Å². The van der Waals surface area contributed by atoms with E-state index >= 15 is 0 Å². The Bertz CT molecular complexity index is 1060. The number of sulfonamides is 1. The Balaban J connectivity index is 1.63. The molecule has 0 aromatic heterocycles. The highest BCUT2D eigenvalue weighted by molar-refractivity contribution is 7.98. The number of nitrogens with zero attached hydrogens (tertiary/aromatic N) is 1. The Labute approximate surface area is 200 Å². The Morgan fingerprint density at radius 1 is 1.12 bits per heavy atom. The molecule has 1 aliphatic rings. The van der Waals surface area contributed by atoms with Gasteiger partial charge in [0.25, 0.3) is 5.91 Å². The molecule has 0 unspecified atom stereocenters. The van der Waals surface area contributed by atoms with Crippen LogP contribution in [0.2, 0.25) is 0 Å². The summed E-state index contributed by atoms with van der Waals surface area (Å²) in [7, 11) is -3.79. The van der Waals surface area contributed by atoms with Crippen molar-refractivity contribution in [2.24, 2.45) is 0 Å². The van der Waals surface area contributed by atoms with Crippen molar-refractivity contribution in [1.82, 2.24) is 9.62 Å². The minimum atomic E-state index is -3.79. The summed E-state index contributed by atoms with van der Waals surface area (Å²) in [6, 6.07) is 12.5. The van der Waals surface area contributed by atoms with Crippen molar-refractivity contribution >= 4 is 27.7 Å². The van der Waals surface area contributed by atoms with Crippen LogP contribution in [0.15, 0.2) is 52.3 Å². The molecule has 1 saturated heterocycles. The SMILES string of the molecule is CSc1ccc(S(=O)(=O)NCCOc2ccc(C(C)(C)C)cc2)cc1C(=O)N1CCOCC1. The van der Waals surface area contributed by atoms with Crippen molar-refractivity contribution in [2.75, 3.05) is 45.7 Å². The van der Waals surface area contributed by atoms with E-state index in [1.165, 1.54) is 29.5 Å². The van der Waals surface area contributed by atoms with Crippen LogP contribution >= 0.6 is 11.8 Å². The number of thioether (sulfide) groups is 1. The Kier molecular flexibility index (Phi) is 8.44. The van der Waals surface area contributed by atoms with Crippen LogP contribution in [-0.4, -0.2) is 64.9 Å². The minimum absolute atomic E-state index is 0.0575. The smallest absolute Gasteiger partial charge is 0.255 e. The number of carbonyl (C=O) groups is 1. The van der Waals surface area contributed by atoms with Crippen LogP contribution in [0.4, 0.5) is 0 Å². The third-order valence-corrected chi connectivity index (χ3v) is 7.65. The molecule has 7 nitrogen and oxygen atoms in total. The molecule has 1 amide bonds. The predicted molar refractivity (Wildman–Crippen MR) is 131 cm³/mol. The monoisotopic (exact) mass is 492 g/mol. The van der Waals surface area contributed by atoms with E-state index in [4.69, 9.17) is 9.47 Å². The van der Waals surface area contributed by atoms with E-state index < -0.39 is 10.0 Å². The first kappa shape index (κ1) is 25.6. The van der Waals surface area contributed by atoms with Crippen molar-refractivity contribution in [2.45, 2.75) is 36.0 Å². The highest BCUT2D eigenvalue weighted by Gasteiger charge is 2.24. The number of hydrogen-bond acceptors (Lipinski definition) is 6. The first-order valence-corrected chi connectivity index (χ1v) is 13.6. The summed E-state index contributed by atoms with van der Waals surface area (Å²) in [5.41, 5.74) is 1.65.